The Morgan fingerprint density at radius 3 is 1.70 bits per heavy atom. The zero-order valence-electron chi connectivity index (χ0n) is 37.7. The van der Waals surface area contributed by atoms with Gasteiger partial charge in [0.05, 0.1) is 48.5 Å². The maximum atomic E-state index is 14.8. The first kappa shape index (κ1) is 47.0. The number of benzene rings is 2. The van der Waals surface area contributed by atoms with E-state index in [-0.39, 0.29) is 54.6 Å². The minimum atomic E-state index is -0.938. The molecular weight excluding hydrogens is 768 g/mol. The molecule has 5 rings (SSSR count). The number of amides is 1. The Morgan fingerprint density at radius 2 is 1.22 bits per heavy atom. The molecule has 2 fully saturated rings. The Balaban J connectivity index is 1.46. The van der Waals surface area contributed by atoms with Gasteiger partial charge in [0.25, 0.3) is 5.91 Å². The highest BCUT2D eigenvalue weighted by Gasteiger charge is 2.39. The maximum absolute atomic E-state index is 14.8. The lowest BCUT2D eigenvalue weighted by Crippen LogP contribution is -2.46. The Labute approximate surface area is 356 Å². The van der Waals surface area contributed by atoms with Gasteiger partial charge < -0.3 is 38.3 Å². The van der Waals surface area contributed by atoms with Gasteiger partial charge in [0.2, 0.25) is 0 Å². The number of ether oxygens (including phenoxy) is 6. The molecule has 4 atom stereocenters. The first-order chi connectivity index (χ1) is 27.9. The first-order valence-electron chi connectivity index (χ1n) is 21.4. The Morgan fingerprint density at radius 1 is 0.733 bits per heavy atom. The van der Waals surface area contributed by atoms with Crippen LogP contribution in [0.4, 0.5) is 4.39 Å². The van der Waals surface area contributed by atoms with Gasteiger partial charge in [0.1, 0.15) is 17.0 Å². The maximum Gasteiger partial charge on any atom is 0.308 e. The number of hydrogen-bond donors (Lipinski definition) is 1. The van der Waals surface area contributed by atoms with Gasteiger partial charge in [-0.2, -0.15) is 0 Å². The van der Waals surface area contributed by atoms with E-state index in [1.165, 1.54) is 12.1 Å². The second-order valence-corrected chi connectivity index (χ2v) is 19.3. The average Bonchev–Trinajstić information content (AvgIpc) is 3.44. The summed E-state index contributed by atoms with van der Waals surface area (Å²) in [4.78, 5) is 40.3. The summed E-state index contributed by atoms with van der Waals surface area (Å²) < 4.78 is 52.9. The van der Waals surface area contributed by atoms with Crippen LogP contribution in [0.25, 0.3) is 22.4 Å². The lowest BCUT2D eigenvalue weighted by atomic mass is 9.94. The average molecular weight is 835 g/mol. The third kappa shape index (κ3) is 13.2. The lowest BCUT2D eigenvalue weighted by molar-refractivity contribution is -0.301. The van der Waals surface area contributed by atoms with Crippen molar-refractivity contribution in [1.29, 1.82) is 0 Å². The van der Waals surface area contributed by atoms with Gasteiger partial charge in [0.15, 0.2) is 11.6 Å². The molecule has 3 heterocycles. The predicted octanol–water partition coefficient (Wildman–Crippen LogP) is 9.88. The van der Waals surface area contributed by atoms with Gasteiger partial charge in [-0.05, 0) is 123 Å². The second-order valence-electron chi connectivity index (χ2n) is 19.3. The molecule has 2 aliphatic heterocycles. The first-order valence-corrected chi connectivity index (χ1v) is 21.4. The van der Waals surface area contributed by atoms with Gasteiger partial charge in [-0.3, -0.25) is 14.4 Å². The van der Waals surface area contributed by atoms with Crippen LogP contribution in [0.2, 0.25) is 0 Å². The van der Waals surface area contributed by atoms with E-state index in [0.717, 1.165) is 28.1 Å². The molecule has 0 radical (unpaired) electrons. The fourth-order valence-corrected chi connectivity index (χ4v) is 8.38. The summed E-state index contributed by atoms with van der Waals surface area (Å²) in [5, 5.41) is 3.21. The number of nitrogens with zero attached hydrogens (tertiary/aromatic N) is 1. The van der Waals surface area contributed by atoms with Crippen LogP contribution in [0.15, 0.2) is 54.6 Å². The van der Waals surface area contributed by atoms with Crippen LogP contribution in [0.3, 0.4) is 0 Å². The number of halogens is 1. The fourth-order valence-electron chi connectivity index (χ4n) is 8.38. The molecule has 60 heavy (non-hydrogen) atoms. The number of nitrogens with one attached hydrogen (secondary N) is 1. The van der Waals surface area contributed by atoms with E-state index < -0.39 is 35.0 Å². The number of carbonyl (C=O) groups excluding carboxylic acids is 3. The predicted molar refractivity (Wildman–Crippen MR) is 229 cm³/mol. The van der Waals surface area contributed by atoms with E-state index in [9.17, 15) is 18.8 Å². The monoisotopic (exact) mass is 834 g/mol. The molecule has 0 spiro atoms. The zero-order chi connectivity index (χ0) is 44.2. The summed E-state index contributed by atoms with van der Waals surface area (Å²) in [6.07, 6.45) is 0.855. The highest BCUT2D eigenvalue weighted by atomic mass is 19.1. The second kappa shape index (κ2) is 18.9. The van der Waals surface area contributed by atoms with Crippen LogP contribution < -0.4 is 5.32 Å². The minimum absolute atomic E-state index is 0.0948. The largest absolute Gasteiger partial charge is 0.460 e. The van der Waals surface area contributed by atoms with Gasteiger partial charge in [-0.25, -0.2) is 4.39 Å². The van der Waals surface area contributed by atoms with E-state index in [2.05, 4.69) is 23.7 Å². The van der Waals surface area contributed by atoms with Crippen LogP contribution in [0.5, 0.6) is 0 Å². The lowest BCUT2D eigenvalue weighted by Gasteiger charge is -2.41. The minimum Gasteiger partial charge on any atom is -0.460 e. The quantitative estimate of drug-likeness (QED) is 0.158. The van der Waals surface area contributed by atoms with Gasteiger partial charge in [-0.1, -0.05) is 44.2 Å². The van der Waals surface area contributed by atoms with Crippen molar-refractivity contribution >= 4 is 17.8 Å². The van der Waals surface area contributed by atoms with Crippen molar-refractivity contribution in [2.75, 3.05) is 6.54 Å². The summed E-state index contributed by atoms with van der Waals surface area (Å²) in [5.74, 6) is -3.22. The van der Waals surface area contributed by atoms with Crippen molar-refractivity contribution in [3.63, 3.8) is 0 Å². The molecule has 2 aromatic carbocycles. The van der Waals surface area contributed by atoms with Crippen molar-refractivity contribution in [2.24, 2.45) is 0 Å². The number of carbonyl (C=O) groups is 3. The fraction of sp³-hybridized carbons (Fsp3) is 0.604. The molecule has 2 aliphatic rings. The molecule has 1 amide bonds. The summed E-state index contributed by atoms with van der Waals surface area (Å²) >= 11 is 0. The molecule has 0 bridgehead atoms. The number of hydrogen-bond acceptors (Lipinski definition) is 9. The highest BCUT2D eigenvalue weighted by Crippen LogP contribution is 2.43. The SMILES string of the molecule is CC(C)c1c(C(=O)NCC[C@@H]2C[C@H](CC(=O)OC(C)(C)C)OC(C)(C)O2)c(-c2ccccc2)c(-c2ccc(F)cc2)n1CC[C@@H]1C[C@H](CC(=O)OC(C)(C)C)OC(C)(C)O1. The Hall–Kier alpha value is -4.10. The highest BCUT2D eigenvalue weighted by molar-refractivity contribution is 6.06. The number of rotatable bonds is 14. The van der Waals surface area contributed by atoms with Crippen molar-refractivity contribution in [3.8, 4) is 22.4 Å². The molecule has 3 aromatic rings. The molecule has 2 saturated heterocycles. The van der Waals surface area contributed by atoms with Crippen molar-refractivity contribution < 1.29 is 47.2 Å². The molecule has 1 N–H and O–H groups in total. The van der Waals surface area contributed by atoms with Crippen LogP contribution in [-0.4, -0.2) is 76.1 Å². The molecule has 330 valence electrons. The topological polar surface area (TPSA) is 124 Å². The van der Waals surface area contributed by atoms with E-state index in [4.69, 9.17) is 28.4 Å². The van der Waals surface area contributed by atoms with Crippen LogP contribution >= 0.6 is 0 Å². The van der Waals surface area contributed by atoms with Crippen LogP contribution in [0.1, 0.15) is 144 Å². The third-order valence-electron chi connectivity index (χ3n) is 10.2. The summed E-state index contributed by atoms with van der Waals surface area (Å²) in [6.45, 7) is 23.3. The molecule has 0 saturated carbocycles. The third-order valence-corrected chi connectivity index (χ3v) is 10.2. The van der Waals surface area contributed by atoms with E-state index >= 15 is 0 Å². The van der Waals surface area contributed by atoms with Gasteiger partial charge in [0, 0.05) is 37.2 Å². The normalized spacial score (nSPS) is 21.7. The molecule has 0 aliphatic carbocycles. The summed E-state index contributed by atoms with van der Waals surface area (Å²) in [5.41, 5.74) is 3.32. The smallest absolute Gasteiger partial charge is 0.308 e. The molecular formula is C48H67FN2O9. The van der Waals surface area contributed by atoms with Crippen molar-refractivity contribution in [1.82, 2.24) is 9.88 Å². The van der Waals surface area contributed by atoms with Gasteiger partial charge >= 0.3 is 11.9 Å². The molecule has 11 nitrogen and oxygen atoms in total. The van der Waals surface area contributed by atoms with E-state index in [0.29, 0.717) is 44.3 Å². The zero-order valence-corrected chi connectivity index (χ0v) is 37.7. The van der Waals surface area contributed by atoms with Crippen molar-refractivity contribution in [2.45, 2.75) is 181 Å². The van der Waals surface area contributed by atoms with E-state index in [1.54, 1.807) is 12.1 Å². The standard InChI is InChI=1S/C48H67FN2O9/c1-30(2)42-41(44(54)50-24-22-34-26-36(57-47(9,10)55-34)28-38(52)59-45(3,4)5)40(31-16-14-13-15-17-31)43(32-18-20-33(49)21-19-32)51(42)25-23-35-27-37(58-48(11,12)56-35)29-39(53)60-46(6,7)8/h13-21,30,34-37H,22-29H2,1-12H3,(H,50,54)/t34-,35-,36-,37-/m1/s1. The summed E-state index contributed by atoms with van der Waals surface area (Å²) in [6, 6.07) is 16.2. The Bertz CT molecular complexity index is 1940. The van der Waals surface area contributed by atoms with Gasteiger partial charge in [-0.15, -0.1) is 0 Å². The number of esters is 2. The molecule has 0 unspecified atom stereocenters. The molecule has 1 aromatic heterocycles. The Kier molecular flexibility index (Phi) is 14.8. The van der Waals surface area contributed by atoms with Crippen LogP contribution in [-0.2, 0) is 44.6 Å². The van der Waals surface area contributed by atoms with E-state index in [1.807, 2.05) is 99.6 Å². The molecule has 12 heteroatoms. The summed E-state index contributed by atoms with van der Waals surface area (Å²) in [7, 11) is 0. The number of aromatic nitrogens is 1. The van der Waals surface area contributed by atoms with Crippen LogP contribution in [0, 0.1) is 5.82 Å². The van der Waals surface area contributed by atoms with Crippen molar-refractivity contribution in [3.05, 3.63) is 71.7 Å².